The Morgan fingerprint density at radius 1 is 1.00 bits per heavy atom. The van der Waals surface area contributed by atoms with Crippen LogP contribution in [0.1, 0.15) is 12.0 Å². The second kappa shape index (κ2) is 10.7. The highest BCUT2D eigenvalue weighted by Crippen LogP contribution is 2.10. The summed E-state index contributed by atoms with van der Waals surface area (Å²) in [5.74, 6) is -0.550. The van der Waals surface area contributed by atoms with Gasteiger partial charge in [0.15, 0.2) is 0 Å². The first kappa shape index (κ1) is 19.2. The van der Waals surface area contributed by atoms with Crippen molar-refractivity contribution in [3.05, 3.63) is 72.1 Å². The number of esters is 1. The molecule has 2 aromatic rings. The van der Waals surface area contributed by atoms with E-state index in [-0.39, 0.29) is 37.9 Å². The van der Waals surface area contributed by atoms with Crippen LogP contribution in [0.5, 0.6) is 5.75 Å². The normalized spacial score (nSPS) is 10.5. The molecule has 0 aliphatic heterocycles. The van der Waals surface area contributed by atoms with Crippen LogP contribution in [0.25, 0.3) is 6.08 Å². The summed E-state index contributed by atoms with van der Waals surface area (Å²) in [5.41, 5.74) is 0.920. The predicted octanol–water partition coefficient (Wildman–Crippen LogP) is 2.97. The van der Waals surface area contributed by atoms with Gasteiger partial charge in [0.05, 0.1) is 6.42 Å². The molecule has 1 amide bonds. The first-order valence-corrected chi connectivity index (χ1v) is 8.18. The van der Waals surface area contributed by atoms with Gasteiger partial charge in [-0.3, -0.25) is 9.59 Å². The van der Waals surface area contributed by atoms with Gasteiger partial charge in [-0.15, -0.1) is 0 Å². The van der Waals surface area contributed by atoms with Crippen molar-refractivity contribution in [1.82, 2.24) is 5.32 Å². The maximum absolute atomic E-state index is 12.7. The third-order valence-electron chi connectivity index (χ3n) is 3.28. The number of hydrogen-bond donors (Lipinski definition) is 1. The molecule has 0 spiro atoms. The summed E-state index contributed by atoms with van der Waals surface area (Å²) in [6, 6.07) is 15.0. The highest BCUT2D eigenvalue weighted by atomic mass is 19.1. The largest absolute Gasteiger partial charge is 0.490 e. The van der Waals surface area contributed by atoms with Crippen LogP contribution in [-0.4, -0.2) is 31.6 Å². The van der Waals surface area contributed by atoms with Gasteiger partial charge in [-0.05, 0) is 35.9 Å². The molecule has 136 valence electrons. The first-order chi connectivity index (χ1) is 12.6. The second-order valence-corrected chi connectivity index (χ2v) is 5.31. The molecule has 6 heteroatoms. The van der Waals surface area contributed by atoms with Crippen molar-refractivity contribution in [2.24, 2.45) is 0 Å². The van der Waals surface area contributed by atoms with Gasteiger partial charge >= 0.3 is 5.97 Å². The molecular weight excluding hydrogens is 337 g/mol. The van der Waals surface area contributed by atoms with E-state index in [2.05, 4.69) is 5.32 Å². The van der Waals surface area contributed by atoms with E-state index in [4.69, 9.17) is 9.47 Å². The molecule has 0 aliphatic rings. The maximum Gasteiger partial charge on any atom is 0.307 e. The number of rotatable bonds is 9. The molecule has 0 bridgehead atoms. The molecule has 0 saturated carbocycles. The van der Waals surface area contributed by atoms with Crippen LogP contribution >= 0.6 is 0 Å². The lowest BCUT2D eigenvalue weighted by molar-refractivity contribution is -0.144. The number of hydrogen-bond acceptors (Lipinski definition) is 4. The third-order valence-corrected chi connectivity index (χ3v) is 3.28. The Morgan fingerprint density at radius 2 is 1.73 bits per heavy atom. The van der Waals surface area contributed by atoms with Gasteiger partial charge in [-0.1, -0.05) is 30.3 Å². The number of halogens is 1. The zero-order valence-electron chi connectivity index (χ0n) is 14.2. The number of amides is 1. The number of ether oxygens (including phenoxy) is 2. The average molecular weight is 357 g/mol. The second-order valence-electron chi connectivity index (χ2n) is 5.31. The van der Waals surface area contributed by atoms with Gasteiger partial charge < -0.3 is 14.8 Å². The molecule has 0 atom stereocenters. The summed E-state index contributed by atoms with van der Waals surface area (Å²) in [6.07, 6.45) is 3.18. The van der Waals surface area contributed by atoms with Gasteiger partial charge in [0.2, 0.25) is 5.91 Å². The van der Waals surface area contributed by atoms with E-state index in [0.29, 0.717) is 5.75 Å². The molecule has 0 fully saturated rings. The van der Waals surface area contributed by atoms with E-state index in [1.54, 1.807) is 6.08 Å². The molecule has 0 saturated heterocycles. The lowest BCUT2D eigenvalue weighted by atomic mass is 10.2. The summed E-state index contributed by atoms with van der Waals surface area (Å²) in [7, 11) is 0. The Labute approximate surface area is 151 Å². The molecule has 0 heterocycles. The predicted molar refractivity (Wildman–Crippen MR) is 96.0 cm³/mol. The number of carbonyl (C=O) groups excluding carboxylic acids is 2. The van der Waals surface area contributed by atoms with Crippen LogP contribution in [0.15, 0.2) is 60.7 Å². The maximum atomic E-state index is 12.7. The monoisotopic (exact) mass is 357 g/mol. The zero-order valence-corrected chi connectivity index (χ0v) is 14.2. The molecule has 2 rings (SSSR count). The Balaban J connectivity index is 1.55. The molecule has 1 N–H and O–H groups in total. The van der Waals surface area contributed by atoms with E-state index in [9.17, 15) is 14.0 Å². The first-order valence-electron chi connectivity index (χ1n) is 8.18. The Kier molecular flexibility index (Phi) is 7.86. The molecule has 0 unspecified atom stereocenters. The Hall–Kier alpha value is -3.15. The summed E-state index contributed by atoms with van der Waals surface area (Å²) in [6.45, 7) is 0.442. The standard InChI is InChI=1S/C20H20FNO4/c21-17-7-9-18(10-8-17)25-14-15-26-20(24)12-13-22-19(23)11-6-16-4-2-1-3-5-16/h1-11H,12-15H2,(H,22,23)/b11-6+. The highest BCUT2D eigenvalue weighted by molar-refractivity contribution is 5.91. The lowest BCUT2D eigenvalue weighted by Gasteiger charge is -2.07. The molecule has 5 nitrogen and oxygen atoms in total. The minimum Gasteiger partial charge on any atom is -0.490 e. The molecular formula is C20H20FNO4. The number of benzene rings is 2. The van der Waals surface area contributed by atoms with Crippen molar-refractivity contribution in [2.45, 2.75) is 6.42 Å². The molecule has 0 radical (unpaired) electrons. The highest BCUT2D eigenvalue weighted by Gasteiger charge is 2.04. The SMILES string of the molecule is O=C(/C=C/c1ccccc1)NCCC(=O)OCCOc1ccc(F)cc1. The number of carbonyl (C=O) groups is 2. The van der Waals surface area contributed by atoms with Crippen LogP contribution in [0, 0.1) is 5.82 Å². The summed E-state index contributed by atoms with van der Waals surface area (Å²) in [4.78, 5) is 23.2. The van der Waals surface area contributed by atoms with Gasteiger partial charge in [0.1, 0.15) is 24.8 Å². The minimum absolute atomic E-state index is 0.0709. The Bertz CT molecular complexity index is 729. The van der Waals surface area contributed by atoms with Crippen molar-refractivity contribution in [3.63, 3.8) is 0 Å². The van der Waals surface area contributed by atoms with Gasteiger partial charge in [0, 0.05) is 12.6 Å². The molecule has 0 aliphatic carbocycles. The fourth-order valence-electron chi connectivity index (χ4n) is 2.00. The van der Waals surface area contributed by atoms with Crippen LogP contribution < -0.4 is 10.1 Å². The van der Waals surface area contributed by atoms with Crippen LogP contribution in [-0.2, 0) is 14.3 Å². The lowest BCUT2D eigenvalue weighted by Crippen LogP contribution is -2.25. The van der Waals surface area contributed by atoms with E-state index in [0.717, 1.165) is 5.56 Å². The Morgan fingerprint density at radius 3 is 2.46 bits per heavy atom. The molecule has 0 aromatic heterocycles. The third kappa shape index (κ3) is 7.61. The van der Waals surface area contributed by atoms with Crippen molar-refractivity contribution in [3.8, 4) is 5.75 Å². The quantitative estimate of drug-likeness (QED) is 0.426. The molecule has 26 heavy (non-hydrogen) atoms. The summed E-state index contributed by atoms with van der Waals surface area (Å²) in [5, 5.41) is 2.61. The molecule has 2 aromatic carbocycles. The van der Waals surface area contributed by atoms with E-state index < -0.39 is 5.97 Å². The smallest absolute Gasteiger partial charge is 0.307 e. The van der Waals surface area contributed by atoms with Crippen LogP contribution in [0.4, 0.5) is 4.39 Å². The van der Waals surface area contributed by atoms with Gasteiger partial charge in [0.25, 0.3) is 0 Å². The van der Waals surface area contributed by atoms with Crippen molar-refractivity contribution < 1.29 is 23.5 Å². The van der Waals surface area contributed by atoms with Crippen molar-refractivity contribution in [2.75, 3.05) is 19.8 Å². The van der Waals surface area contributed by atoms with Crippen molar-refractivity contribution in [1.29, 1.82) is 0 Å². The zero-order chi connectivity index (χ0) is 18.6. The fraction of sp³-hybridized carbons (Fsp3) is 0.200. The van der Waals surface area contributed by atoms with E-state index in [1.807, 2.05) is 30.3 Å². The minimum atomic E-state index is -0.431. The van der Waals surface area contributed by atoms with Gasteiger partial charge in [-0.2, -0.15) is 0 Å². The fourth-order valence-corrected chi connectivity index (χ4v) is 2.00. The summed E-state index contributed by atoms with van der Waals surface area (Å²) >= 11 is 0. The van der Waals surface area contributed by atoms with Crippen LogP contribution in [0.2, 0.25) is 0 Å². The van der Waals surface area contributed by atoms with E-state index >= 15 is 0 Å². The van der Waals surface area contributed by atoms with Crippen LogP contribution in [0.3, 0.4) is 0 Å². The van der Waals surface area contributed by atoms with Crippen molar-refractivity contribution >= 4 is 18.0 Å². The average Bonchev–Trinajstić information content (AvgIpc) is 2.66. The topological polar surface area (TPSA) is 64.6 Å². The summed E-state index contributed by atoms with van der Waals surface area (Å²) < 4.78 is 23.0. The van der Waals surface area contributed by atoms with Gasteiger partial charge in [-0.25, -0.2) is 4.39 Å². The number of nitrogens with one attached hydrogen (secondary N) is 1. The van der Waals surface area contributed by atoms with E-state index in [1.165, 1.54) is 30.3 Å².